The molecule has 2 aromatic rings. The van der Waals surface area contributed by atoms with Gasteiger partial charge in [-0.1, -0.05) is 21.9 Å². The zero-order valence-electron chi connectivity index (χ0n) is 9.74. The number of nitrogen functional groups attached to an aromatic ring is 1. The molecule has 0 fully saturated rings. The molecular formula is C13H11BrN2OS. The third kappa shape index (κ3) is 2.22. The number of amides is 1. The standard InChI is InChI=1S/C13H11BrN2OS/c1-3-6-16(2)13(17)12-11(15)9-7-8(14)4-5-10(9)18-12/h1,4-5,7H,6,15H2,2H3. The number of hydrogen-bond donors (Lipinski definition) is 1. The van der Waals surface area contributed by atoms with Crippen LogP contribution < -0.4 is 5.73 Å². The first-order valence-corrected chi connectivity index (χ1v) is 6.82. The van der Waals surface area contributed by atoms with E-state index in [1.165, 1.54) is 16.2 Å². The average Bonchev–Trinajstić information content (AvgIpc) is 2.66. The molecule has 92 valence electrons. The third-order valence-corrected chi connectivity index (χ3v) is 4.23. The Morgan fingerprint density at radius 2 is 2.33 bits per heavy atom. The predicted octanol–water partition coefficient (Wildman–Crippen LogP) is 2.95. The zero-order valence-corrected chi connectivity index (χ0v) is 12.1. The van der Waals surface area contributed by atoms with E-state index >= 15 is 0 Å². The Hall–Kier alpha value is -1.51. The van der Waals surface area contributed by atoms with Crippen LogP contribution in [-0.2, 0) is 0 Å². The van der Waals surface area contributed by atoms with Gasteiger partial charge >= 0.3 is 0 Å². The Balaban J connectivity index is 2.50. The van der Waals surface area contributed by atoms with Gasteiger partial charge in [-0.25, -0.2) is 0 Å². The van der Waals surface area contributed by atoms with Gasteiger partial charge < -0.3 is 10.6 Å². The number of fused-ring (bicyclic) bond motifs is 1. The van der Waals surface area contributed by atoms with Crippen molar-refractivity contribution < 1.29 is 4.79 Å². The summed E-state index contributed by atoms with van der Waals surface area (Å²) in [5.41, 5.74) is 6.55. The van der Waals surface area contributed by atoms with E-state index in [9.17, 15) is 4.79 Å². The zero-order chi connectivity index (χ0) is 13.3. The van der Waals surface area contributed by atoms with Crippen molar-refractivity contribution in [3.63, 3.8) is 0 Å². The lowest BCUT2D eigenvalue weighted by Gasteiger charge is -2.12. The van der Waals surface area contributed by atoms with E-state index in [1.54, 1.807) is 7.05 Å². The molecule has 0 spiro atoms. The summed E-state index contributed by atoms with van der Waals surface area (Å²) in [5, 5.41) is 0.895. The third-order valence-electron chi connectivity index (χ3n) is 2.56. The predicted molar refractivity (Wildman–Crippen MR) is 79.7 cm³/mol. The van der Waals surface area contributed by atoms with Crippen molar-refractivity contribution >= 4 is 48.9 Å². The number of thiophene rings is 1. The van der Waals surface area contributed by atoms with Gasteiger partial charge in [0.25, 0.3) is 5.91 Å². The summed E-state index contributed by atoms with van der Waals surface area (Å²) in [4.78, 5) is 14.2. The minimum atomic E-state index is -0.136. The van der Waals surface area contributed by atoms with Crippen LogP contribution in [0.1, 0.15) is 9.67 Å². The van der Waals surface area contributed by atoms with E-state index < -0.39 is 0 Å². The normalized spacial score (nSPS) is 10.3. The SMILES string of the molecule is C#CCN(C)C(=O)c1sc2ccc(Br)cc2c1N. The quantitative estimate of drug-likeness (QED) is 0.864. The summed E-state index contributed by atoms with van der Waals surface area (Å²) in [6, 6.07) is 5.79. The summed E-state index contributed by atoms with van der Waals surface area (Å²) in [6.07, 6.45) is 5.20. The van der Waals surface area contributed by atoms with E-state index in [0.717, 1.165) is 14.6 Å². The number of benzene rings is 1. The second kappa shape index (κ2) is 5.01. The van der Waals surface area contributed by atoms with Crippen LogP contribution in [0.3, 0.4) is 0 Å². The van der Waals surface area contributed by atoms with E-state index in [4.69, 9.17) is 12.2 Å². The lowest BCUT2D eigenvalue weighted by Crippen LogP contribution is -2.26. The second-order valence-electron chi connectivity index (χ2n) is 3.85. The summed E-state index contributed by atoms with van der Waals surface area (Å²) in [7, 11) is 1.67. The van der Waals surface area contributed by atoms with Gasteiger partial charge in [-0.15, -0.1) is 17.8 Å². The van der Waals surface area contributed by atoms with Gasteiger partial charge in [-0.3, -0.25) is 4.79 Å². The number of nitrogens with zero attached hydrogens (tertiary/aromatic N) is 1. The van der Waals surface area contributed by atoms with Crippen molar-refractivity contribution in [2.75, 3.05) is 19.3 Å². The molecule has 1 aromatic carbocycles. The Morgan fingerprint density at radius 3 is 3.00 bits per heavy atom. The second-order valence-corrected chi connectivity index (χ2v) is 5.82. The molecule has 5 heteroatoms. The topological polar surface area (TPSA) is 46.3 Å². The van der Waals surface area contributed by atoms with Gasteiger partial charge in [0.15, 0.2) is 0 Å². The Kier molecular flexibility index (Phi) is 3.60. The van der Waals surface area contributed by atoms with Crippen molar-refractivity contribution in [2.24, 2.45) is 0 Å². The number of nitrogens with two attached hydrogens (primary N) is 1. The molecule has 0 saturated heterocycles. The monoisotopic (exact) mass is 322 g/mol. The summed E-state index contributed by atoms with van der Waals surface area (Å²) in [6.45, 7) is 0.274. The van der Waals surface area contributed by atoms with Gasteiger partial charge in [0.05, 0.1) is 12.2 Å². The van der Waals surface area contributed by atoms with E-state index in [0.29, 0.717) is 10.6 Å². The van der Waals surface area contributed by atoms with Crippen molar-refractivity contribution in [1.29, 1.82) is 0 Å². The first-order valence-electron chi connectivity index (χ1n) is 5.21. The largest absolute Gasteiger partial charge is 0.397 e. The Labute approximate surface area is 118 Å². The van der Waals surface area contributed by atoms with Crippen LogP contribution in [0.4, 0.5) is 5.69 Å². The lowest BCUT2D eigenvalue weighted by atomic mass is 10.2. The molecule has 2 rings (SSSR count). The minimum Gasteiger partial charge on any atom is -0.397 e. The van der Waals surface area contributed by atoms with E-state index in [2.05, 4.69) is 21.9 Å². The van der Waals surface area contributed by atoms with E-state index in [-0.39, 0.29) is 12.5 Å². The maximum atomic E-state index is 12.2. The molecular weight excluding hydrogens is 312 g/mol. The molecule has 2 N–H and O–H groups in total. The first kappa shape index (κ1) is 12.9. The van der Waals surface area contributed by atoms with Crippen molar-refractivity contribution in [3.8, 4) is 12.3 Å². The van der Waals surface area contributed by atoms with Crippen molar-refractivity contribution in [1.82, 2.24) is 4.90 Å². The van der Waals surface area contributed by atoms with E-state index in [1.807, 2.05) is 18.2 Å². The lowest BCUT2D eigenvalue weighted by molar-refractivity contribution is 0.0818. The van der Waals surface area contributed by atoms with Crippen LogP contribution in [0.5, 0.6) is 0 Å². The number of anilines is 1. The van der Waals surface area contributed by atoms with Crippen LogP contribution >= 0.6 is 27.3 Å². The van der Waals surface area contributed by atoms with Gasteiger partial charge in [0, 0.05) is 21.6 Å². The van der Waals surface area contributed by atoms with Crippen molar-refractivity contribution in [3.05, 3.63) is 27.5 Å². The van der Waals surface area contributed by atoms with Gasteiger partial charge in [-0.05, 0) is 18.2 Å². The van der Waals surface area contributed by atoms with Crippen LogP contribution in [0.15, 0.2) is 22.7 Å². The number of terminal acetylenes is 1. The maximum Gasteiger partial charge on any atom is 0.266 e. The summed E-state index contributed by atoms with van der Waals surface area (Å²) in [5.74, 6) is 2.31. The molecule has 3 nitrogen and oxygen atoms in total. The number of halogens is 1. The van der Waals surface area contributed by atoms with Crippen molar-refractivity contribution in [2.45, 2.75) is 0 Å². The number of hydrogen-bond acceptors (Lipinski definition) is 3. The number of carbonyl (C=O) groups is 1. The number of carbonyl (C=O) groups excluding carboxylic acids is 1. The molecule has 1 heterocycles. The van der Waals surface area contributed by atoms with Gasteiger partial charge in [0.1, 0.15) is 4.88 Å². The molecule has 0 aliphatic rings. The fourth-order valence-electron chi connectivity index (χ4n) is 1.63. The molecule has 18 heavy (non-hydrogen) atoms. The summed E-state index contributed by atoms with van der Waals surface area (Å²) >= 11 is 4.78. The smallest absolute Gasteiger partial charge is 0.266 e. The van der Waals surface area contributed by atoms with Crippen LogP contribution in [-0.4, -0.2) is 24.4 Å². The average molecular weight is 323 g/mol. The summed E-state index contributed by atoms with van der Waals surface area (Å²) < 4.78 is 1.93. The highest BCUT2D eigenvalue weighted by atomic mass is 79.9. The number of rotatable bonds is 2. The van der Waals surface area contributed by atoms with Crippen LogP contribution in [0.2, 0.25) is 0 Å². The van der Waals surface area contributed by atoms with Gasteiger partial charge in [0.2, 0.25) is 0 Å². The highest BCUT2D eigenvalue weighted by Gasteiger charge is 2.19. The maximum absolute atomic E-state index is 12.2. The molecule has 0 unspecified atom stereocenters. The molecule has 1 amide bonds. The first-order chi connectivity index (χ1) is 8.54. The van der Waals surface area contributed by atoms with Gasteiger partial charge in [-0.2, -0.15) is 0 Å². The molecule has 0 aliphatic carbocycles. The minimum absolute atomic E-state index is 0.136. The fraction of sp³-hybridized carbons (Fsp3) is 0.154. The molecule has 0 atom stereocenters. The highest BCUT2D eigenvalue weighted by Crippen LogP contribution is 2.35. The Bertz CT molecular complexity index is 657. The molecule has 0 bridgehead atoms. The van der Waals surface area contributed by atoms with Crippen LogP contribution in [0.25, 0.3) is 10.1 Å². The molecule has 0 aliphatic heterocycles. The molecule has 1 aromatic heterocycles. The molecule has 0 radical (unpaired) electrons. The molecule has 0 saturated carbocycles. The highest BCUT2D eigenvalue weighted by molar-refractivity contribution is 9.10. The Morgan fingerprint density at radius 1 is 1.61 bits per heavy atom. The fourth-order valence-corrected chi connectivity index (χ4v) is 3.09. The van der Waals surface area contributed by atoms with Crippen LogP contribution in [0, 0.1) is 12.3 Å².